The molecule has 0 aliphatic carbocycles. The van der Waals surface area contributed by atoms with Gasteiger partial charge in [-0.05, 0) is 36.8 Å². The Labute approximate surface area is 153 Å². The van der Waals surface area contributed by atoms with E-state index in [1.807, 2.05) is 19.1 Å². The van der Waals surface area contributed by atoms with E-state index in [4.69, 9.17) is 4.98 Å². The van der Waals surface area contributed by atoms with Crippen LogP contribution in [0.1, 0.15) is 15.9 Å². The minimum atomic E-state index is -1.00. The molecule has 0 unspecified atom stereocenters. The molecule has 1 amide bonds. The minimum Gasteiger partial charge on any atom is -0.345 e. The number of thiazole rings is 1. The Morgan fingerprint density at radius 1 is 1.08 bits per heavy atom. The first-order valence-electron chi connectivity index (χ1n) is 8.38. The van der Waals surface area contributed by atoms with Crippen LogP contribution >= 0.6 is 11.3 Å². The molecule has 1 aromatic heterocycles. The summed E-state index contributed by atoms with van der Waals surface area (Å²) in [4.78, 5) is 21.1. The van der Waals surface area contributed by atoms with E-state index < -0.39 is 11.6 Å². The summed E-state index contributed by atoms with van der Waals surface area (Å²) in [6.45, 7) is 4.41. The maximum Gasteiger partial charge on any atom is 0.254 e. The number of amides is 1. The van der Waals surface area contributed by atoms with Crippen LogP contribution in [0.25, 0.3) is 10.2 Å². The molecule has 1 aliphatic heterocycles. The van der Waals surface area contributed by atoms with Gasteiger partial charge in [-0.15, -0.1) is 0 Å². The molecule has 4 rings (SSSR count). The van der Waals surface area contributed by atoms with Crippen molar-refractivity contribution in [1.29, 1.82) is 0 Å². The SMILES string of the molecule is Cc1cccc2sc(N3CCN(C(=O)c4ccc(F)c(F)c4)CC3)nc12. The van der Waals surface area contributed by atoms with Crippen LogP contribution in [0.2, 0.25) is 0 Å². The Morgan fingerprint density at radius 2 is 1.85 bits per heavy atom. The topological polar surface area (TPSA) is 36.4 Å². The predicted octanol–water partition coefficient (Wildman–Crippen LogP) is 3.85. The highest BCUT2D eigenvalue weighted by atomic mass is 32.1. The molecule has 0 radical (unpaired) electrons. The Bertz CT molecular complexity index is 980. The van der Waals surface area contributed by atoms with Gasteiger partial charge in [-0.1, -0.05) is 23.5 Å². The lowest BCUT2D eigenvalue weighted by atomic mass is 10.1. The molecule has 2 heterocycles. The second-order valence-electron chi connectivity index (χ2n) is 6.33. The number of halogens is 2. The van der Waals surface area contributed by atoms with Gasteiger partial charge in [0.25, 0.3) is 5.91 Å². The number of para-hydroxylation sites is 1. The van der Waals surface area contributed by atoms with Crippen molar-refractivity contribution in [3.63, 3.8) is 0 Å². The fourth-order valence-electron chi connectivity index (χ4n) is 3.12. The fraction of sp³-hybridized carbons (Fsp3) is 0.263. The van der Waals surface area contributed by atoms with Crippen molar-refractivity contribution < 1.29 is 13.6 Å². The van der Waals surface area contributed by atoms with Gasteiger partial charge in [0.2, 0.25) is 0 Å². The molecule has 2 aromatic carbocycles. The average Bonchev–Trinajstić information content (AvgIpc) is 3.09. The van der Waals surface area contributed by atoms with E-state index in [-0.39, 0.29) is 11.5 Å². The van der Waals surface area contributed by atoms with Gasteiger partial charge >= 0.3 is 0 Å². The molecule has 134 valence electrons. The number of nitrogens with zero attached hydrogens (tertiary/aromatic N) is 3. The smallest absolute Gasteiger partial charge is 0.254 e. The summed E-state index contributed by atoms with van der Waals surface area (Å²) in [7, 11) is 0. The van der Waals surface area contributed by atoms with Crippen molar-refractivity contribution in [2.24, 2.45) is 0 Å². The Balaban J connectivity index is 1.47. The van der Waals surface area contributed by atoms with Gasteiger partial charge in [-0.3, -0.25) is 4.79 Å². The second-order valence-corrected chi connectivity index (χ2v) is 7.34. The third-order valence-electron chi connectivity index (χ3n) is 4.61. The molecule has 4 nitrogen and oxygen atoms in total. The van der Waals surface area contributed by atoms with Crippen molar-refractivity contribution in [2.75, 3.05) is 31.1 Å². The maximum absolute atomic E-state index is 13.4. The van der Waals surface area contributed by atoms with Crippen LogP contribution in [0.4, 0.5) is 13.9 Å². The number of carbonyl (C=O) groups excluding carboxylic acids is 1. The molecule has 0 spiro atoms. The van der Waals surface area contributed by atoms with Crippen LogP contribution < -0.4 is 4.90 Å². The first-order valence-corrected chi connectivity index (χ1v) is 9.20. The van der Waals surface area contributed by atoms with Crippen molar-refractivity contribution >= 4 is 32.6 Å². The van der Waals surface area contributed by atoms with Crippen LogP contribution in [-0.4, -0.2) is 42.0 Å². The lowest BCUT2D eigenvalue weighted by Gasteiger charge is -2.34. The average molecular weight is 373 g/mol. The van der Waals surface area contributed by atoms with E-state index in [2.05, 4.69) is 11.0 Å². The third kappa shape index (κ3) is 3.03. The van der Waals surface area contributed by atoms with Crippen LogP contribution in [0.15, 0.2) is 36.4 Å². The second kappa shape index (κ2) is 6.64. The highest BCUT2D eigenvalue weighted by molar-refractivity contribution is 7.22. The van der Waals surface area contributed by atoms with Gasteiger partial charge in [0.15, 0.2) is 16.8 Å². The van der Waals surface area contributed by atoms with E-state index in [0.717, 1.165) is 33.0 Å². The van der Waals surface area contributed by atoms with E-state index in [1.165, 1.54) is 6.07 Å². The molecule has 26 heavy (non-hydrogen) atoms. The number of rotatable bonds is 2. The largest absolute Gasteiger partial charge is 0.345 e. The molecule has 0 saturated carbocycles. The summed E-state index contributed by atoms with van der Waals surface area (Å²) in [6.07, 6.45) is 0. The molecule has 0 bridgehead atoms. The van der Waals surface area contributed by atoms with E-state index in [9.17, 15) is 13.6 Å². The van der Waals surface area contributed by atoms with E-state index in [1.54, 1.807) is 16.2 Å². The highest BCUT2D eigenvalue weighted by Gasteiger charge is 2.24. The molecule has 1 saturated heterocycles. The molecular formula is C19H17F2N3OS. The maximum atomic E-state index is 13.4. The zero-order chi connectivity index (χ0) is 18.3. The first-order chi connectivity index (χ1) is 12.5. The van der Waals surface area contributed by atoms with Crippen molar-refractivity contribution in [2.45, 2.75) is 6.92 Å². The van der Waals surface area contributed by atoms with E-state index >= 15 is 0 Å². The van der Waals surface area contributed by atoms with Crippen LogP contribution in [-0.2, 0) is 0 Å². The lowest BCUT2D eigenvalue weighted by Crippen LogP contribution is -2.48. The number of aromatic nitrogens is 1. The van der Waals surface area contributed by atoms with E-state index in [0.29, 0.717) is 26.2 Å². The van der Waals surface area contributed by atoms with Gasteiger partial charge in [0, 0.05) is 31.7 Å². The van der Waals surface area contributed by atoms with Gasteiger partial charge in [-0.25, -0.2) is 13.8 Å². The summed E-state index contributed by atoms with van der Waals surface area (Å²) < 4.78 is 27.6. The summed E-state index contributed by atoms with van der Waals surface area (Å²) in [6, 6.07) is 9.40. The van der Waals surface area contributed by atoms with Crippen molar-refractivity contribution in [3.05, 3.63) is 59.2 Å². The number of hydrogen-bond acceptors (Lipinski definition) is 4. The number of fused-ring (bicyclic) bond motifs is 1. The Morgan fingerprint density at radius 3 is 2.54 bits per heavy atom. The summed E-state index contributed by atoms with van der Waals surface area (Å²) in [5.74, 6) is -2.22. The molecule has 0 atom stereocenters. The quantitative estimate of drug-likeness (QED) is 0.685. The summed E-state index contributed by atoms with van der Waals surface area (Å²) in [5.41, 5.74) is 2.35. The normalized spacial score (nSPS) is 14.9. The number of anilines is 1. The number of benzene rings is 2. The summed E-state index contributed by atoms with van der Waals surface area (Å²) in [5, 5.41) is 0.953. The fourth-order valence-corrected chi connectivity index (χ4v) is 4.22. The Hall–Kier alpha value is -2.54. The van der Waals surface area contributed by atoms with Gasteiger partial charge in [0.05, 0.1) is 10.2 Å². The first kappa shape index (κ1) is 16.9. The van der Waals surface area contributed by atoms with Crippen LogP contribution in [0, 0.1) is 18.6 Å². The zero-order valence-corrected chi connectivity index (χ0v) is 15.0. The summed E-state index contributed by atoms with van der Waals surface area (Å²) >= 11 is 1.65. The molecule has 7 heteroatoms. The molecular weight excluding hydrogens is 356 g/mol. The van der Waals surface area contributed by atoms with Gasteiger partial charge < -0.3 is 9.80 Å². The Kier molecular flexibility index (Phi) is 4.32. The molecule has 0 N–H and O–H groups in total. The number of piperazine rings is 1. The van der Waals surface area contributed by atoms with Gasteiger partial charge in [0.1, 0.15) is 0 Å². The zero-order valence-electron chi connectivity index (χ0n) is 14.2. The minimum absolute atomic E-state index is 0.174. The molecule has 3 aromatic rings. The molecule has 1 fully saturated rings. The predicted molar refractivity (Wildman–Crippen MR) is 98.8 cm³/mol. The highest BCUT2D eigenvalue weighted by Crippen LogP contribution is 2.31. The third-order valence-corrected chi connectivity index (χ3v) is 5.69. The molecule has 1 aliphatic rings. The van der Waals surface area contributed by atoms with Crippen LogP contribution in [0.3, 0.4) is 0 Å². The standard InChI is InChI=1S/C19H17F2N3OS/c1-12-3-2-4-16-17(12)22-19(26-16)24-9-7-23(8-10-24)18(25)13-5-6-14(20)15(21)11-13/h2-6,11H,7-10H2,1H3. The number of hydrogen-bond donors (Lipinski definition) is 0. The lowest BCUT2D eigenvalue weighted by molar-refractivity contribution is 0.0746. The van der Waals surface area contributed by atoms with Crippen molar-refractivity contribution in [3.8, 4) is 0 Å². The van der Waals surface area contributed by atoms with Crippen molar-refractivity contribution in [1.82, 2.24) is 9.88 Å². The van der Waals surface area contributed by atoms with Gasteiger partial charge in [-0.2, -0.15) is 0 Å². The monoisotopic (exact) mass is 373 g/mol. The number of aryl methyl sites for hydroxylation is 1. The van der Waals surface area contributed by atoms with Crippen LogP contribution in [0.5, 0.6) is 0 Å². The number of carbonyl (C=O) groups is 1.